The van der Waals surface area contributed by atoms with Crippen molar-refractivity contribution in [2.75, 3.05) is 12.4 Å². The molecule has 0 unspecified atom stereocenters. The lowest BCUT2D eigenvalue weighted by Gasteiger charge is -2.16. The van der Waals surface area contributed by atoms with Gasteiger partial charge in [0.15, 0.2) is 15.8 Å². The number of hydrogen-bond donors (Lipinski definition) is 2. The first-order chi connectivity index (χ1) is 17.7. The Morgan fingerprint density at radius 2 is 1.89 bits per heavy atom. The number of hydrogen-bond acceptors (Lipinski definition) is 6. The van der Waals surface area contributed by atoms with Gasteiger partial charge in [0.25, 0.3) is 5.91 Å². The fraction of sp³-hybridized carbons (Fsp3) is 0.0800. The molecular weight excluding hydrogens is 560 g/mol. The molecular formula is C25H18Cl2FN3O4S2. The Balaban J connectivity index is 1.43. The summed E-state index contributed by atoms with van der Waals surface area (Å²) in [6.45, 7) is 0.0248. The molecule has 0 atom stereocenters. The van der Waals surface area contributed by atoms with Gasteiger partial charge in [-0.1, -0.05) is 59.2 Å². The predicted molar refractivity (Wildman–Crippen MR) is 147 cm³/mol. The summed E-state index contributed by atoms with van der Waals surface area (Å²) in [6.07, 6.45) is 1.61. The molecule has 3 aromatic rings. The molecule has 0 aliphatic carbocycles. The molecule has 1 heterocycles. The van der Waals surface area contributed by atoms with Crippen LogP contribution < -0.4 is 20.2 Å². The van der Waals surface area contributed by atoms with Crippen molar-refractivity contribution in [3.05, 3.63) is 92.6 Å². The Morgan fingerprint density at radius 1 is 1.11 bits per heavy atom. The molecule has 1 saturated heterocycles. The Hall–Kier alpha value is -3.31. The van der Waals surface area contributed by atoms with Gasteiger partial charge in [-0.2, -0.15) is 5.01 Å². The molecule has 190 valence electrons. The van der Waals surface area contributed by atoms with Gasteiger partial charge in [-0.15, -0.1) is 0 Å². The van der Waals surface area contributed by atoms with Gasteiger partial charge in [0.2, 0.25) is 0 Å². The molecule has 0 saturated carbocycles. The van der Waals surface area contributed by atoms with Crippen molar-refractivity contribution in [2.24, 2.45) is 0 Å². The number of benzene rings is 3. The van der Waals surface area contributed by atoms with E-state index in [0.717, 1.165) is 16.8 Å². The SMILES string of the molecule is COc1cc(/C=C2/SC(=S)N(NC(=O)Nc3ccc(Cl)c(Cl)c3)C2=O)ccc1OCc1ccccc1F. The standard InChI is InChI=1S/C25H18Cl2FN3O4S2/c1-34-21-10-14(6-9-20(21)35-13-15-4-2-3-5-19(15)28)11-22-23(32)31(25(36)37-22)30-24(33)29-16-7-8-17(26)18(27)12-16/h2-12H,13H2,1H3,(H2,29,30,33)/b22-11+. The van der Waals surface area contributed by atoms with E-state index in [0.29, 0.717) is 38.2 Å². The number of methoxy groups -OCH3 is 1. The number of thioether (sulfide) groups is 1. The normalized spacial score (nSPS) is 14.2. The van der Waals surface area contributed by atoms with E-state index in [1.807, 2.05) is 0 Å². The zero-order valence-electron chi connectivity index (χ0n) is 19.1. The third-order valence-electron chi connectivity index (χ3n) is 5.01. The number of nitrogens with zero attached hydrogens (tertiary/aromatic N) is 1. The zero-order valence-corrected chi connectivity index (χ0v) is 22.2. The maximum atomic E-state index is 13.9. The van der Waals surface area contributed by atoms with Crippen LogP contribution in [0.1, 0.15) is 11.1 Å². The number of hydrazine groups is 1. The molecule has 1 aliphatic heterocycles. The molecule has 3 amide bonds. The maximum absolute atomic E-state index is 13.9. The second-order valence-corrected chi connectivity index (χ2v) is 9.99. The van der Waals surface area contributed by atoms with E-state index in [1.165, 1.54) is 25.3 Å². The maximum Gasteiger partial charge on any atom is 0.338 e. The minimum Gasteiger partial charge on any atom is -0.493 e. The van der Waals surface area contributed by atoms with Crippen LogP contribution in [0.5, 0.6) is 11.5 Å². The van der Waals surface area contributed by atoms with Crippen LogP contribution in [0, 0.1) is 5.82 Å². The molecule has 1 fully saturated rings. The van der Waals surface area contributed by atoms with Crippen molar-refractivity contribution in [3.8, 4) is 11.5 Å². The van der Waals surface area contributed by atoms with Crippen LogP contribution in [0.2, 0.25) is 10.0 Å². The first kappa shape index (κ1) is 26.7. The number of nitrogens with one attached hydrogen (secondary N) is 2. The van der Waals surface area contributed by atoms with Gasteiger partial charge in [-0.05, 0) is 60.3 Å². The highest BCUT2D eigenvalue weighted by molar-refractivity contribution is 8.26. The summed E-state index contributed by atoms with van der Waals surface area (Å²) in [7, 11) is 1.48. The Labute approximate surface area is 231 Å². The summed E-state index contributed by atoms with van der Waals surface area (Å²) < 4.78 is 25.2. The molecule has 2 N–H and O–H groups in total. The number of halogens is 3. The molecule has 4 rings (SSSR count). The molecule has 0 spiro atoms. The van der Waals surface area contributed by atoms with Crippen LogP contribution >= 0.6 is 47.2 Å². The summed E-state index contributed by atoms with van der Waals surface area (Å²) in [4.78, 5) is 25.6. The predicted octanol–water partition coefficient (Wildman–Crippen LogP) is 6.66. The largest absolute Gasteiger partial charge is 0.493 e. The minimum absolute atomic E-state index is 0.0248. The fourth-order valence-corrected chi connectivity index (χ4v) is 4.69. The van der Waals surface area contributed by atoms with Crippen LogP contribution in [-0.4, -0.2) is 28.4 Å². The number of rotatable bonds is 7. The Bertz CT molecular complexity index is 1420. The summed E-state index contributed by atoms with van der Waals surface area (Å²) >= 11 is 18.1. The molecule has 7 nitrogen and oxygen atoms in total. The first-order valence-corrected chi connectivity index (χ1v) is 12.6. The van der Waals surface area contributed by atoms with Gasteiger partial charge in [0.05, 0.1) is 22.1 Å². The van der Waals surface area contributed by atoms with Gasteiger partial charge in [0, 0.05) is 11.3 Å². The number of urea groups is 1. The molecule has 1 aliphatic rings. The first-order valence-electron chi connectivity index (χ1n) is 10.6. The van der Waals surface area contributed by atoms with E-state index in [4.69, 9.17) is 44.9 Å². The highest BCUT2D eigenvalue weighted by atomic mass is 35.5. The zero-order chi connectivity index (χ0) is 26.5. The third kappa shape index (κ3) is 6.53. The van der Waals surface area contributed by atoms with E-state index in [1.54, 1.807) is 48.5 Å². The van der Waals surface area contributed by atoms with Gasteiger partial charge < -0.3 is 14.8 Å². The Kier molecular flexibility index (Phi) is 8.55. The average Bonchev–Trinajstić information content (AvgIpc) is 3.13. The lowest BCUT2D eigenvalue weighted by Crippen LogP contribution is -2.46. The summed E-state index contributed by atoms with van der Waals surface area (Å²) in [5.41, 5.74) is 3.86. The van der Waals surface area contributed by atoms with E-state index in [9.17, 15) is 14.0 Å². The molecule has 12 heteroatoms. The number of ether oxygens (including phenoxy) is 2. The van der Waals surface area contributed by atoms with Crippen LogP contribution in [0.15, 0.2) is 65.6 Å². The molecule has 0 radical (unpaired) electrons. The van der Waals surface area contributed by atoms with Crippen molar-refractivity contribution in [1.82, 2.24) is 10.4 Å². The minimum atomic E-state index is -0.686. The van der Waals surface area contributed by atoms with Crippen molar-refractivity contribution in [1.29, 1.82) is 0 Å². The van der Waals surface area contributed by atoms with E-state index in [-0.39, 0.29) is 21.8 Å². The molecule has 0 aromatic heterocycles. The smallest absolute Gasteiger partial charge is 0.338 e. The monoisotopic (exact) mass is 577 g/mol. The van der Waals surface area contributed by atoms with E-state index in [2.05, 4.69) is 10.7 Å². The molecule has 37 heavy (non-hydrogen) atoms. The number of anilines is 1. The molecule has 0 bridgehead atoms. The number of carbonyl (C=O) groups is 2. The van der Waals surface area contributed by atoms with Crippen molar-refractivity contribution in [2.45, 2.75) is 6.61 Å². The van der Waals surface area contributed by atoms with Crippen LogP contribution in [0.4, 0.5) is 14.9 Å². The summed E-state index contributed by atoms with van der Waals surface area (Å²) in [6, 6.07) is 15.3. The second-order valence-electron chi connectivity index (χ2n) is 7.50. The highest BCUT2D eigenvalue weighted by Crippen LogP contribution is 2.34. The number of thiocarbonyl (C=S) groups is 1. The highest BCUT2D eigenvalue weighted by Gasteiger charge is 2.33. The van der Waals surface area contributed by atoms with Gasteiger partial charge >= 0.3 is 6.03 Å². The van der Waals surface area contributed by atoms with Gasteiger partial charge in [-0.3, -0.25) is 4.79 Å². The number of amides is 3. The van der Waals surface area contributed by atoms with Crippen molar-refractivity contribution in [3.63, 3.8) is 0 Å². The summed E-state index contributed by atoms with van der Waals surface area (Å²) in [5, 5.41) is 4.15. The van der Waals surface area contributed by atoms with E-state index < -0.39 is 11.9 Å². The van der Waals surface area contributed by atoms with Crippen LogP contribution in [-0.2, 0) is 11.4 Å². The average molecular weight is 578 g/mol. The van der Waals surface area contributed by atoms with Crippen LogP contribution in [0.3, 0.4) is 0 Å². The lowest BCUT2D eigenvalue weighted by atomic mass is 10.2. The second kappa shape index (κ2) is 11.8. The van der Waals surface area contributed by atoms with E-state index >= 15 is 0 Å². The summed E-state index contributed by atoms with van der Waals surface area (Å²) in [5.74, 6) is -0.0479. The Morgan fingerprint density at radius 3 is 2.62 bits per heavy atom. The number of carbonyl (C=O) groups excluding carboxylic acids is 2. The third-order valence-corrected chi connectivity index (χ3v) is 7.05. The fourth-order valence-electron chi connectivity index (χ4n) is 3.21. The van der Waals surface area contributed by atoms with Gasteiger partial charge in [0.1, 0.15) is 12.4 Å². The molecule has 3 aromatic carbocycles. The van der Waals surface area contributed by atoms with Gasteiger partial charge in [-0.25, -0.2) is 14.6 Å². The van der Waals surface area contributed by atoms with Crippen molar-refractivity contribution >= 4 is 75.2 Å². The van der Waals surface area contributed by atoms with Crippen molar-refractivity contribution < 1.29 is 23.5 Å². The lowest BCUT2D eigenvalue weighted by molar-refractivity contribution is -0.123. The topological polar surface area (TPSA) is 79.9 Å². The quantitative estimate of drug-likeness (QED) is 0.241. The van der Waals surface area contributed by atoms with Crippen LogP contribution in [0.25, 0.3) is 6.08 Å².